The first kappa shape index (κ1) is 17.9. The van der Waals surface area contributed by atoms with Gasteiger partial charge in [0, 0.05) is 12.6 Å². The molecule has 18 heavy (non-hydrogen) atoms. The Bertz CT molecular complexity index is 199. The van der Waals surface area contributed by atoms with Crippen molar-refractivity contribution in [3.63, 3.8) is 0 Å². The molecule has 0 rings (SSSR count). The van der Waals surface area contributed by atoms with Crippen molar-refractivity contribution in [2.45, 2.75) is 53.5 Å². The lowest BCUT2D eigenvalue weighted by Crippen LogP contribution is -2.35. The van der Waals surface area contributed by atoms with Crippen LogP contribution in [0.1, 0.15) is 47.5 Å². The molecule has 0 saturated carbocycles. The molecule has 0 radical (unpaired) electrons. The second kappa shape index (κ2) is 8.92. The van der Waals surface area contributed by atoms with Gasteiger partial charge in [-0.25, -0.2) is 0 Å². The predicted octanol–water partition coefficient (Wildman–Crippen LogP) is 3.58. The highest BCUT2D eigenvalue weighted by Gasteiger charge is 2.15. The van der Waals surface area contributed by atoms with Crippen LogP contribution in [0.3, 0.4) is 0 Å². The summed E-state index contributed by atoms with van der Waals surface area (Å²) in [6.45, 7) is 14.1. The van der Waals surface area contributed by atoms with Gasteiger partial charge in [-0.2, -0.15) is 0 Å². The minimum Gasteiger partial charge on any atom is -0.306 e. The summed E-state index contributed by atoms with van der Waals surface area (Å²) in [5.74, 6) is 2.36. The second-order valence-electron chi connectivity index (χ2n) is 7.02. The number of hydrogen-bond acceptors (Lipinski definition) is 2. The average Bonchev–Trinajstić information content (AvgIpc) is 2.22. The summed E-state index contributed by atoms with van der Waals surface area (Å²) in [4.78, 5) is 4.89. The van der Waals surface area contributed by atoms with Crippen molar-refractivity contribution >= 4 is 0 Å². The molecular formula is C16H36N2. The van der Waals surface area contributed by atoms with Gasteiger partial charge in [-0.1, -0.05) is 34.6 Å². The lowest BCUT2D eigenvalue weighted by atomic mass is 9.97. The van der Waals surface area contributed by atoms with Gasteiger partial charge in [0.05, 0.1) is 0 Å². The van der Waals surface area contributed by atoms with Crippen LogP contribution in [0.2, 0.25) is 0 Å². The van der Waals surface area contributed by atoms with Crippen molar-refractivity contribution in [3.8, 4) is 0 Å². The standard InChI is InChI=1S/C16H36N2/c1-13(2)11-16(17(6)7)9-10-18(8)12-15(5)14(3)4/h13-16H,9-12H2,1-8H3/t15-,16+/m1/s1. The van der Waals surface area contributed by atoms with Gasteiger partial charge in [-0.3, -0.25) is 0 Å². The summed E-state index contributed by atoms with van der Waals surface area (Å²) in [5.41, 5.74) is 0. The monoisotopic (exact) mass is 256 g/mol. The molecule has 0 aliphatic carbocycles. The van der Waals surface area contributed by atoms with Gasteiger partial charge < -0.3 is 9.80 Å². The molecule has 0 aromatic carbocycles. The highest BCUT2D eigenvalue weighted by Crippen LogP contribution is 2.14. The van der Waals surface area contributed by atoms with Gasteiger partial charge >= 0.3 is 0 Å². The Balaban J connectivity index is 4.03. The fraction of sp³-hybridized carbons (Fsp3) is 1.00. The number of rotatable bonds is 9. The van der Waals surface area contributed by atoms with Crippen LogP contribution in [0.25, 0.3) is 0 Å². The SMILES string of the molecule is CC(C)C[C@H](CCN(C)C[C@@H](C)C(C)C)N(C)C. The summed E-state index contributed by atoms with van der Waals surface area (Å²) in [7, 11) is 6.69. The third-order valence-electron chi connectivity index (χ3n) is 4.06. The zero-order valence-corrected chi connectivity index (χ0v) is 14.0. The Hall–Kier alpha value is -0.0800. The van der Waals surface area contributed by atoms with Gasteiger partial charge in [-0.05, 0) is 58.3 Å². The Morgan fingerprint density at radius 3 is 1.83 bits per heavy atom. The van der Waals surface area contributed by atoms with Gasteiger partial charge in [0.1, 0.15) is 0 Å². The van der Waals surface area contributed by atoms with Crippen LogP contribution in [0.15, 0.2) is 0 Å². The third-order valence-corrected chi connectivity index (χ3v) is 4.06. The van der Waals surface area contributed by atoms with Crippen molar-refractivity contribution in [1.29, 1.82) is 0 Å². The van der Waals surface area contributed by atoms with E-state index in [0.717, 1.165) is 23.8 Å². The molecule has 0 bridgehead atoms. The maximum Gasteiger partial charge on any atom is 0.0104 e. The van der Waals surface area contributed by atoms with Crippen LogP contribution in [0.5, 0.6) is 0 Å². The topological polar surface area (TPSA) is 6.48 Å². The fourth-order valence-electron chi connectivity index (χ4n) is 2.29. The predicted molar refractivity (Wildman–Crippen MR) is 83.0 cm³/mol. The molecule has 0 N–H and O–H groups in total. The van der Waals surface area contributed by atoms with Crippen LogP contribution in [0, 0.1) is 17.8 Å². The van der Waals surface area contributed by atoms with E-state index < -0.39 is 0 Å². The molecule has 0 aromatic heterocycles. The van der Waals surface area contributed by atoms with E-state index in [2.05, 4.69) is 65.6 Å². The summed E-state index contributed by atoms with van der Waals surface area (Å²) in [6, 6.07) is 0.724. The van der Waals surface area contributed by atoms with E-state index in [1.807, 2.05) is 0 Å². The second-order valence-corrected chi connectivity index (χ2v) is 7.02. The van der Waals surface area contributed by atoms with Gasteiger partial charge in [0.2, 0.25) is 0 Å². The van der Waals surface area contributed by atoms with E-state index in [1.54, 1.807) is 0 Å². The van der Waals surface area contributed by atoms with Crippen LogP contribution >= 0.6 is 0 Å². The van der Waals surface area contributed by atoms with E-state index in [4.69, 9.17) is 0 Å². The number of nitrogens with zero attached hydrogens (tertiary/aromatic N) is 2. The van der Waals surface area contributed by atoms with Crippen molar-refractivity contribution in [3.05, 3.63) is 0 Å². The normalized spacial score (nSPS) is 16.0. The third kappa shape index (κ3) is 8.10. The molecule has 0 aliphatic rings. The molecule has 110 valence electrons. The highest BCUT2D eigenvalue weighted by atomic mass is 15.1. The van der Waals surface area contributed by atoms with E-state index in [1.165, 1.54) is 25.9 Å². The fourth-order valence-corrected chi connectivity index (χ4v) is 2.29. The summed E-state index contributed by atoms with van der Waals surface area (Å²) in [5, 5.41) is 0. The minimum absolute atomic E-state index is 0.724. The minimum atomic E-state index is 0.724. The lowest BCUT2D eigenvalue weighted by molar-refractivity contribution is 0.193. The average molecular weight is 256 g/mol. The maximum atomic E-state index is 2.50. The molecule has 0 spiro atoms. The molecule has 0 saturated heterocycles. The summed E-state index contributed by atoms with van der Waals surface area (Å²) >= 11 is 0. The van der Waals surface area contributed by atoms with E-state index in [0.29, 0.717) is 0 Å². The first-order valence-corrected chi connectivity index (χ1v) is 7.59. The highest BCUT2D eigenvalue weighted by molar-refractivity contribution is 4.71. The van der Waals surface area contributed by atoms with Gasteiger partial charge in [-0.15, -0.1) is 0 Å². The van der Waals surface area contributed by atoms with Crippen molar-refractivity contribution < 1.29 is 0 Å². The van der Waals surface area contributed by atoms with E-state index in [-0.39, 0.29) is 0 Å². The molecule has 0 amide bonds. The molecule has 0 heterocycles. The van der Waals surface area contributed by atoms with Crippen LogP contribution in [0.4, 0.5) is 0 Å². The van der Waals surface area contributed by atoms with Crippen LogP contribution in [-0.2, 0) is 0 Å². The Morgan fingerprint density at radius 2 is 1.44 bits per heavy atom. The smallest absolute Gasteiger partial charge is 0.0104 e. The molecule has 0 unspecified atom stereocenters. The molecule has 0 aromatic rings. The van der Waals surface area contributed by atoms with Crippen LogP contribution in [-0.4, -0.2) is 50.1 Å². The lowest BCUT2D eigenvalue weighted by Gasteiger charge is -2.29. The van der Waals surface area contributed by atoms with Crippen LogP contribution < -0.4 is 0 Å². The number of hydrogen-bond donors (Lipinski definition) is 0. The Kier molecular flexibility index (Phi) is 8.89. The summed E-state index contributed by atoms with van der Waals surface area (Å²) in [6.07, 6.45) is 2.59. The Labute approximate surface area is 116 Å². The first-order valence-electron chi connectivity index (χ1n) is 7.59. The zero-order chi connectivity index (χ0) is 14.3. The molecule has 2 nitrogen and oxygen atoms in total. The molecule has 2 heteroatoms. The van der Waals surface area contributed by atoms with Crippen molar-refractivity contribution in [1.82, 2.24) is 9.80 Å². The molecular weight excluding hydrogens is 220 g/mol. The maximum absolute atomic E-state index is 2.50. The van der Waals surface area contributed by atoms with Crippen molar-refractivity contribution in [2.24, 2.45) is 17.8 Å². The largest absolute Gasteiger partial charge is 0.306 e. The molecule has 0 aliphatic heterocycles. The van der Waals surface area contributed by atoms with Gasteiger partial charge in [0.15, 0.2) is 0 Å². The first-order chi connectivity index (χ1) is 8.23. The molecule has 2 atom stereocenters. The Morgan fingerprint density at radius 1 is 0.889 bits per heavy atom. The quantitative estimate of drug-likeness (QED) is 0.622. The van der Waals surface area contributed by atoms with Crippen molar-refractivity contribution in [2.75, 3.05) is 34.2 Å². The molecule has 0 fully saturated rings. The van der Waals surface area contributed by atoms with Gasteiger partial charge in [0.25, 0.3) is 0 Å². The van der Waals surface area contributed by atoms with E-state index in [9.17, 15) is 0 Å². The zero-order valence-electron chi connectivity index (χ0n) is 14.0. The van der Waals surface area contributed by atoms with E-state index >= 15 is 0 Å². The summed E-state index contributed by atoms with van der Waals surface area (Å²) < 4.78 is 0.